The van der Waals surface area contributed by atoms with Crippen LogP contribution in [0.5, 0.6) is 0 Å². The maximum absolute atomic E-state index is 5.03. The van der Waals surface area contributed by atoms with Crippen molar-refractivity contribution in [3.8, 4) is 44.6 Å². The lowest BCUT2D eigenvalue weighted by atomic mass is 9.82. The van der Waals surface area contributed by atoms with Gasteiger partial charge in [-0.15, -0.1) is 0 Å². The Morgan fingerprint density at radius 3 is 2.00 bits per heavy atom. The molecule has 0 bridgehead atoms. The topological polar surface area (TPSA) is 29.0 Å². The van der Waals surface area contributed by atoms with Gasteiger partial charge < -0.3 is 4.90 Å². The Bertz CT molecular complexity index is 2520. The van der Waals surface area contributed by atoms with Crippen LogP contribution in [0.1, 0.15) is 43.4 Å². The maximum Gasteiger partial charge on any atom is 0.0977 e. The van der Waals surface area contributed by atoms with Crippen LogP contribution in [0.3, 0.4) is 0 Å². The first kappa shape index (κ1) is 28.9. The minimum atomic E-state index is -0.0881. The molecule has 10 rings (SSSR count). The number of fused-ring (bicyclic) bond motifs is 6. The smallest absolute Gasteiger partial charge is 0.0977 e. The van der Waals surface area contributed by atoms with E-state index in [1.165, 1.54) is 61.2 Å². The summed E-state index contributed by atoms with van der Waals surface area (Å²) in [6.07, 6.45) is 13.0. The SMILES string of the molecule is CC1(C)c2ccccc2-c2c(N(c3ccc(C4=CCCC=C4)cc3)c3ccc(-c4ncc5c6c(ccnc46)-c4ccccc4-5)cc3)cccc21. The van der Waals surface area contributed by atoms with Crippen molar-refractivity contribution in [3.05, 3.63) is 169 Å². The van der Waals surface area contributed by atoms with Crippen LogP contribution in [0.15, 0.2) is 152 Å². The molecule has 5 aromatic carbocycles. The fourth-order valence-corrected chi connectivity index (χ4v) is 8.51. The monoisotopic (exact) mass is 641 g/mol. The van der Waals surface area contributed by atoms with E-state index >= 15 is 0 Å². The van der Waals surface area contributed by atoms with Gasteiger partial charge >= 0.3 is 0 Å². The van der Waals surface area contributed by atoms with Crippen molar-refractivity contribution in [1.29, 1.82) is 0 Å². The molecule has 0 radical (unpaired) electrons. The Morgan fingerprint density at radius 1 is 0.580 bits per heavy atom. The van der Waals surface area contributed by atoms with E-state index in [1.807, 2.05) is 12.4 Å². The zero-order valence-electron chi connectivity index (χ0n) is 28.2. The summed E-state index contributed by atoms with van der Waals surface area (Å²) in [6, 6.07) is 44.4. The van der Waals surface area contributed by atoms with Crippen molar-refractivity contribution < 1.29 is 0 Å². The highest BCUT2D eigenvalue weighted by Gasteiger charge is 2.37. The molecule has 0 N–H and O–H groups in total. The average molecular weight is 642 g/mol. The van der Waals surface area contributed by atoms with Crippen molar-refractivity contribution in [2.24, 2.45) is 0 Å². The number of allylic oxidation sites excluding steroid dienone is 4. The third-order valence-electron chi connectivity index (χ3n) is 11.0. The van der Waals surface area contributed by atoms with Gasteiger partial charge in [0.05, 0.1) is 16.9 Å². The number of benzene rings is 5. The van der Waals surface area contributed by atoms with Crippen molar-refractivity contribution >= 4 is 33.5 Å². The van der Waals surface area contributed by atoms with Crippen LogP contribution >= 0.6 is 0 Å². The molecular formula is C47H35N3. The largest absolute Gasteiger partial charge is 0.310 e. The van der Waals surface area contributed by atoms with Gasteiger partial charge in [-0.3, -0.25) is 9.97 Å². The van der Waals surface area contributed by atoms with E-state index in [-0.39, 0.29) is 5.41 Å². The predicted octanol–water partition coefficient (Wildman–Crippen LogP) is 12.5. The fourth-order valence-electron chi connectivity index (χ4n) is 8.51. The highest BCUT2D eigenvalue weighted by Crippen LogP contribution is 2.54. The van der Waals surface area contributed by atoms with Crippen molar-refractivity contribution in [1.82, 2.24) is 9.97 Å². The Balaban J connectivity index is 1.12. The van der Waals surface area contributed by atoms with Crippen LogP contribution in [0.4, 0.5) is 17.1 Å². The molecule has 2 heterocycles. The number of hydrogen-bond donors (Lipinski definition) is 0. The Hall–Kier alpha value is -6.06. The normalized spacial score (nSPS) is 14.6. The minimum Gasteiger partial charge on any atom is -0.310 e. The summed E-state index contributed by atoms with van der Waals surface area (Å²) in [5.74, 6) is 0. The van der Waals surface area contributed by atoms with Gasteiger partial charge in [0, 0.05) is 51.3 Å². The highest BCUT2D eigenvalue weighted by atomic mass is 15.1. The summed E-state index contributed by atoms with van der Waals surface area (Å²) in [4.78, 5) is 12.3. The van der Waals surface area contributed by atoms with Gasteiger partial charge in [0.25, 0.3) is 0 Å². The number of hydrogen-bond acceptors (Lipinski definition) is 3. The van der Waals surface area contributed by atoms with Gasteiger partial charge in [-0.05, 0) is 93.8 Å². The summed E-state index contributed by atoms with van der Waals surface area (Å²) in [5.41, 5.74) is 19.0. The Labute approximate surface area is 292 Å². The Morgan fingerprint density at radius 2 is 1.26 bits per heavy atom. The van der Waals surface area contributed by atoms with Gasteiger partial charge in [0.2, 0.25) is 0 Å². The molecule has 0 spiro atoms. The van der Waals surface area contributed by atoms with Crippen LogP contribution in [0, 0.1) is 0 Å². The van der Waals surface area contributed by atoms with Crippen LogP contribution in [-0.2, 0) is 5.41 Å². The number of aromatic nitrogens is 2. The summed E-state index contributed by atoms with van der Waals surface area (Å²) in [7, 11) is 0. The summed E-state index contributed by atoms with van der Waals surface area (Å²) < 4.78 is 0. The molecule has 7 aromatic rings. The second kappa shape index (κ2) is 11.0. The van der Waals surface area contributed by atoms with Gasteiger partial charge in [-0.25, -0.2) is 0 Å². The van der Waals surface area contributed by atoms with Crippen molar-refractivity contribution in [2.45, 2.75) is 32.1 Å². The first-order valence-electron chi connectivity index (χ1n) is 17.6. The molecule has 0 aliphatic heterocycles. The molecule has 0 amide bonds. The van der Waals surface area contributed by atoms with Gasteiger partial charge in [-0.2, -0.15) is 0 Å². The van der Waals surface area contributed by atoms with E-state index in [0.717, 1.165) is 46.6 Å². The van der Waals surface area contributed by atoms with E-state index in [4.69, 9.17) is 9.97 Å². The molecule has 0 saturated heterocycles. The molecule has 0 saturated carbocycles. The molecule has 3 heteroatoms. The summed E-state index contributed by atoms with van der Waals surface area (Å²) >= 11 is 0. The quantitative estimate of drug-likeness (QED) is 0.187. The number of anilines is 3. The van der Waals surface area contributed by atoms with Crippen LogP contribution < -0.4 is 4.90 Å². The van der Waals surface area contributed by atoms with E-state index < -0.39 is 0 Å². The number of pyridine rings is 2. The third kappa shape index (κ3) is 4.23. The van der Waals surface area contributed by atoms with Crippen molar-refractivity contribution in [3.63, 3.8) is 0 Å². The van der Waals surface area contributed by atoms with E-state index in [1.54, 1.807) is 0 Å². The van der Waals surface area contributed by atoms with Gasteiger partial charge in [-0.1, -0.05) is 117 Å². The maximum atomic E-state index is 5.03. The molecule has 3 aliphatic rings. The van der Waals surface area contributed by atoms with Gasteiger partial charge in [0.1, 0.15) is 0 Å². The summed E-state index contributed by atoms with van der Waals surface area (Å²) in [5, 5.41) is 1.19. The fraction of sp³-hybridized carbons (Fsp3) is 0.106. The highest BCUT2D eigenvalue weighted by molar-refractivity contribution is 6.16. The molecule has 0 atom stereocenters. The molecule has 238 valence electrons. The standard InChI is InChI=1S/C47H35N3/c1-47(2)40-16-9-8-15-38(40)44-41(47)17-10-18-42(44)50(33-23-19-31(20-24-33)30-11-4-3-5-12-30)34-25-21-32(22-26-34)45-46-43-37(27-28-48-46)35-13-6-7-14-36(35)39(43)29-49-45/h4,6-29H,3,5H2,1-2H3. The molecular weight excluding hydrogens is 607 g/mol. The van der Waals surface area contributed by atoms with Gasteiger partial charge in [0.15, 0.2) is 0 Å². The molecule has 2 aromatic heterocycles. The lowest BCUT2D eigenvalue weighted by Crippen LogP contribution is -2.16. The molecule has 50 heavy (non-hydrogen) atoms. The molecule has 3 aliphatic carbocycles. The lowest BCUT2D eigenvalue weighted by Gasteiger charge is -2.29. The third-order valence-corrected chi connectivity index (χ3v) is 11.0. The summed E-state index contributed by atoms with van der Waals surface area (Å²) in [6.45, 7) is 4.69. The van der Waals surface area contributed by atoms with E-state index in [2.05, 4.69) is 158 Å². The van der Waals surface area contributed by atoms with Crippen molar-refractivity contribution in [2.75, 3.05) is 4.90 Å². The van der Waals surface area contributed by atoms with Crippen LogP contribution in [0.25, 0.3) is 61.1 Å². The second-order valence-corrected chi connectivity index (χ2v) is 14.1. The first-order valence-corrected chi connectivity index (χ1v) is 17.6. The Kier molecular flexibility index (Phi) is 6.35. The molecule has 0 unspecified atom stereocenters. The van der Waals surface area contributed by atoms with Crippen LogP contribution in [-0.4, -0.2) is 9.97 Å². The number of nitrogens with zero attached hydrogens (tertiary/aromatic N) is 3. The van der Waals surface area contributed by atoms with Crippen LogP contribution in [0.2, 0.25) is 0 Å². The van der Waals surface area contributed by atoms with E-state index in [0.29, 0.717) is 0 Å². The minimum absolute atomic E-state index is 0.0881. The lowest BCUT2D eigenvalue weighted by molar-refractivity contribution is 0.660. The zero-order chi connectivity index (χ0) is 33.4. The first-order chi connectivity index (χ1) is 24.6. The molecule has 3 nitrogen and oxygen atoms in total. The average Bonchev–Trinajstić information content (AvgIpc) is 3.63. The number of rotatable bonds is 5. The zero-order valence-corrected chi connectivity index (χ0v) is 28.2. The van der Waals surface area contributed by atoms with E-state index in [9.17, 15) is 0 Å². The second-order valence-electron chi connectivity index (χ2n) is 14.1. The predicted molar refractivity (Wildman–Crippen MR) is 208 cm³/mol. The molecule has 0 fully saturated rings.